The fourth-order valence-electron chi connectivity index (χ4n) is 2.12. The zero-order chi connectivity index (χ0) is 15.2. The summed E-state index contributed by atoms with van der Waals surface area (Å²) in [5.74, 6) is -0.385. The van der Waals surface area contributed by atoms with Gasteiger partial charge in [-0.05, 0) is 31.5 Å². The van der Waals surface area contributed by atoms with Crippen molar-refractivity contribution in [1.29, 1.82) is 0 Å². The van der Waals surface area contributed by atoms with Crippen molar-refractivity contribution in [2.75, 3.05) is 6.54 Å². The number of thiazole rings is 1. The highest BCUT2D eigenvalue weighted by Crippen LogP contribution is 2.33. The SMILES string of the molecule is CCCNCc1sc(-c2cccc(Cl)c2F)nc1CCC. The fourth-order valence-corrected chi connectivity index (χ4v) is 3.39. The molecule has 2 rings (SSSR count). The van der Waals surface area contributed by atoms with Crippen molar-refractivity contribution in [2.45, 2.75) is 39.7 Å². The Labute approximate surface area is 134 Å². The van der Waals surface area contributed by atoms with E-state index < -0.39 is 0 Å². The van der Waals surface area contributed by atoms with E-state index in [0.29, 0.717) is 10.6 Å². The highest BCUT2D eigenvalue weighted by Gasteiger charge is 2.16. The maximum Gasteiger partial charge on any atom is 0.152 e. The molecule has 1 heterocycles. The molecule has 0 saturated heterocycles. The van der Waals surface area contributed by atoms with Crippen LogP contribution in [0.4, 0.5) is 4.39 Å². The lowest BCUT2D eigenvalue weighted by Crippen LogP contribution is -2.13. The van der Waals surface area contributed by atoms with Crippen LogP contribution < -0.4 is 5.32 Å². The standard InChI is InChI=1S/C16H20ClFN2S/c1-3-6-13-14(10-19-9-4-2)21-16(20-13)11-7-5-8-12(17)15(11)18/h5,7-8,19H,3-4,6,9-10H2,1-2H3. The predicted molar refractivity (Wildman–Crippen MR) is 88.5 cm³/mol. The summed E-state index contributed by atoms with van der Waals surface area (Å²) in [4.78, 5) is 5.82. The highest BCUT2D eigenvalue weighted by molar-refractivity contribution is 7.15. The summed E-state index contributed by atoms with van der Waals surface area (Å²) in [7, 11) is 0. The van der Waals surface area contributed by atoms with E-state index in [0.717, 1.165) is 38.0 Å². The molecule has 1 N–H and O–H groups in total. The first-order chi connectivity index (χ1) is 10.2. The number of benzene rings is 1. The number of nitrogens with one attached hydrogen (secondary N) is 1. The quantitative estimate of drug-likeness (QED) is 0.720. The zero-order valence-electron chi connectivity index (χ0n) is 12.4. The van der Waals surface area contributed by atoms with Gasteiger partial charge in [-0.3, -0.25) is 0 Å². The van der Waals surface area contributed by atoms with Crippen LogP contribution in [0.2, 0.25) is 5.02 Å². The van der Waals surface area contributed by atoms with Crippen LogP contribution in [0.25, 0.3) is 10.6 Å². The zero-order valence-corrected chi connectivity index (χ0v) is 14.0. The van der Waals surface area contributed by atoms with Crippen molar-refractivity contribution < 1.29 is 4.39 Å². The Morgan fingerprint density at radius 3 is 2.81 bits per heavy atom. The molecule has 0 fully saturated rings. The van der Waals surface area contributed by atoms with Crippen molar-refractivity contribution in [3.05, 3.63) is 39.6 Å². The van der Waals surface area contributed by atoms with Crippen LogP contribution in [0.15, 0.2) is 18.2 Å². The summed E-state index contributed by atoms with van der Waals surface area (Å²) in [5.41, 5.74) is 1.56. The van der Waals surface area contributed by atoms with Gasteiger partial charge in [0.2, 0.25) is 0 Å². The van der Waals surface area contributed by atoms with Crippen LogP contribution in [-0.2, 0) is 13.0 Å². The smallest absolute Gasteiger partial charge is 0.152 e. The molecule has 0 amide bonds. The number of hydrogen-bond acceptors (Lipinski definition) is 3. The number of aromatic nitrogens is 1. The molecule has 0 aliphatic carbocycles. The second-order valence-corrected chi connectivity index (χ2v) is 6.41. The van der Waals surface area contributed by atoms with E-state index in [1.165, 1.54) is 4.88 Å². The van der Waals surface area contributed by atoms with Gasteiger partial charge in [-0.2, -0.15) is 0 Å². The monoisotopic (exact) mass is 326 g/mol. The Bertz CT molecular complexity index is 598. The molecule has 0 aliphatic rings. The van der Waals surface area contributed by atoms with Crippen LogP contribution in [-0.4, -0.2) is 11.5 Å². The third-order valence-electron chi connectivity index (χ3n) is 3.16. The van der Waals surface area contributed by atoms with E-state index in [4.69, 9.17) is 11.6 Å². The Hall–Kier alpha value is -0.970. The molecule has 5 heteroatoms. The largest absolute Gasteiger partial charge is 0.312 e. The molecule has 0 radical (unpaired) electrons. The Balaban J connectivity index is 2.31. The van der Waals surface area contributed by atoms with Crippen molar-refractivity contribution >= 4 is 22.9 Å². The summed E-state index contributed by atoms with van der Waals surface area (Å²) in [6.45, 7) is 6.04. The molecule has 0 spiro atoms. The van der Waals surface area contributed by atoms with E-state index in [1.54, 1.807) is 29.5 Å². The van der Waals surface area contributed by atoms with Crippen LogP contribution >= 0.6 is 22.9 Å². The number of nitrogens with zero attached hydrogens (tertiary/aromatic N) is 1. The van der Waals surface area contributed by atoms with Gasteiger partial charge in [-0.1, -0.05) is 37.9 Å². The van der Waals surface area contributed by atoms with Crippen molar-refractivity contribution in [3.63, 3.8) is 0 Å². The topological polar surface area (TPSA) is 24.9 Å². The molecule has 114 valence electrons. The van der Waals surface area contributed by atoms with Crippen LogP contribution in [0.1, 0.15) is 37.3 Å². The van der Waals surface area contributed by atoms with Crippen LogP contribution in [0, 0.1) is 5.82 Å². The summed E-state index contributed by atoms with van der Waals surface area (Å²) in [5, 5.41) is 4.25. The van der Waals surface area contributed by atoms with E-state index in [1.807, 2.05) is 0 Å². The number of hydrogen-bond donors (Lipinski definition) is 1. The molecule has 0 saturated carbocycles. The number of rotatable bonds is 7. The molecular weight excluding hydrogens is 307 g/mol. The minimum absolute atomic E-state index is 0.144. The molecule has 2 aromatic rings. The lowest BCUT2D eigenvalue weighted by atomic mass is 10.2. The minimum Gasteiger partial charge on any atom is -0.312 e. The summed E-state index contributed by atoms with van der Waals surface area (Å²) >= 11 is 7.42. The van der Waals surface area contributed by atoms with E-state index in [-0.39, 0.29) is 10.8 Å². The van der Waals surface area contributed by atoms with Crippen molar-refractivity contribution in [2.24, 2.45) is 0 Å². The lowest BCUT2D eigenvalue weighted by Gasteiger charge is -2.02. The third-order valence-corrected chi connectivity index (χ3v) is 4.58. The molecule has 0 bridgehead atoms. The first-order valence-electron chi connectivity index (χ1n) is 7.31. The number of aryl methyl sites for hydroxylation is 1. The van der Waals surface area contributed by atoms with Gasteiger partial charge in [0.05, 0.1) is 10.7 Å². The maximum absolute atomic E-state index is 14.1. The molecule has 0 atom stereocenters. The molecule has 0 aliphatic heterocycles. The van der Waals surface area contributed by atoms with E-state index in [9.17, 15) is 4.39 Å². The van der Waals surface area contributed by atoms with Gasteiger partial charge in [0, 0.05) is 17.0 Å². The predicted octanol–water partition coefficient (Wildman–Crippen LogP) is 5.05. The maximum atomic E-state index is 14.1. The van der Waals surface area contributed by atoms with Gasteiger partial charge in [-0.25, -0.2) is 9.37 Å². The highest BCUT2D eigenvalue weighted by atomic mass is 35.5. The first kappa shape index (κ1) is 16.4. The van der Waals surface area contributed by atoms with E-state index in [2.05, 4.69) is 24.1 Å². The fraction of sp³-hybridized carbons (Fsp3) is 0.438. The summed E-state index contributed by atoms with van der Waals surface area (Å²) in [6, 6.07) is 5.06. The second kappa shape index (κ2) is 7.87. The lowest BCUT2D eigenvalue weighted by molar-refractivity contribution is 0.631. The molecule has 0 unspecified atom stereocenters. The Kier molecular flexibility index (Phi) is 6.15. The van der Waals surface area contributed by atoms with Crippen molar-refractivity contribution in [3.8, 4) is 10.6 Å². The van der Waals surface area contributed by atoms with Gasteiger partial charge in [0.25, 0.3) is 0 Å². The van der Waals surface area contributed by atoms with Gasteiger partial charge < -0.3 is 5.32 Å². The average molecular weight is 327 g/mol. The molecular formula is C16H20ClFN2S. The Morgan fingerprint density at radius 1 is 1.29 bits per heavy atom. The normalized spacial score (nSPS) is 11.0. The average Bonchev–Trinajstić information content (AvgIpc) is 2.86. The van der Waals surface area contributed by atoms with Gasteiger partial charge >= 0.3 is 0 Å². The van der Waals surface area contributed by atoms with Crippen molar-refractivity contribution in [1.82, 2.24) is 10.3 Å². The second-order valence-electron chi connectivity index (χ2n) is 4.92. The minimum atomic E-state index is -0.385. The number of halogens is 2. The third kappa shape index (κ3) is 4.02. The van der Waals surface area contributed by atoms with E-state index >= 15 is 0 Å². The first-order valence-corrected chi connectivity index (χ1v) is 8.50. The summed E-state index contributed by atoms with van der Waals surface area (Å²) in [6.07, 6.45) is 3.04. The van der Waals surface area contributed by atoms with Gasteiger partial charge in [-0.15, -0.1) is 11.3 Å². The molecule has 1 aromatic heterocycles. The molecule has 2 nitrogen and oxygen atoms in total. The van der Waals surface area contributed by atoms with Gasteiger partial charge in [0.15, 0.2) is 5.82 Å². The molecule has 1 aromatic carbocycles. The Morgan fingerprint density at radius 2 is 2.10 bits per heavy atom. The molecule has 21 heavy (non-hydrogen) atoms. The van der Waals surface area contributed by atoms with Gasteiger partial charge in [0.1, 0.15) is 5.01 Å². The summed E-state index contributed by atoms with van der Waals surface area (Å²) < 4.78 is 14.1. The van der Waals surface area contributed by atoms with Crippen LogP contribution in [0.3, 0.4) is 0 Å². The van der Waals surface area contributed by atoms with Crippen LogP contribution in [0.5, 0.6) is 0 Å².